The molecule has 2 aromatic carbocycles. The number of benzene rings is 2. The van der Waals surface area contributed by atoms with Gasteiger partial charge in [0, 0.05) is 10.6 Å². The minimum absolute atomic E-state index is 0.280. The van der Waals surface area contributed by atoms with E-state index in [-0.39, 0.29) is 5.82 Å². The number of halogens is 3. The maximum atomic E-state index is 13.2. The summed E-state index contributed by atoms with van der Waals surface area (Å²) in [7, 11) is 1.57. The van der Waals surface area contributed by atoms with E-state index in [0.717, 1.165) is 21.2 Å². The lowest BCUT2D eigenvalue weighted by Crippen LogP contribution is -2.15. The molecule has 1 atom stereocenters. The van der Waals surface area contributed by atoms with Gasteiger partial charge in [-0.05, 0) is 58.2 Å². The van der Waals surface area contributed by atoms with E-state index in [0.29, 0.717) is 10.8 Å². The third-order valence-electron chi connectivity index (χ3n) is 3.14. The van der Waals surface area contributed by atoms with Crippen LogP contribution in [0.25, 0.3) is 0 Å². The summed E-state index contributed by atoms with van der Waals surface area (Å²) >= 11 is 9.48. The van der Waals surface area contributed by atoms with E-state index in [4.69, 9.17) is 22.1 Å². The van der Waals surface area contributed by atoms with Crippen molar-refractivity contribution in [1.29, 1.82) is 0 Å². The van der Waals surface area contributed by atoms with Gasteiger partial charge < -0.3 is 10.5 Å². The molecule has 0 aliphatic heterocycles. The molecule has 0 saturated heterocycles. The molecule has 0 aromatic heterocycles. The van der Waals surface area contributed by atoms with Crippen molar-refractivity contribution in [2.24, 2.45) is 5.73 Å². The quantitative estimate of drug-likeness (QED) is 0.870. The third-order valence-corrected chi connectivity index (χ3v) is 3.95. The highest BCUT2D eigenvalue weighted by molar-refractivity contribution is 9.10. The second-order valence-corrected chi connectivity index (χ2v) is 5.78. The zero-order chi connectivity index (χ0) is 14.9. The summed E-state index contributed by atoms with van der Waals surface area (Å²) in [6.45, 7) is 1.82. The zero-order valence-corrected chi connectivity index (χ0v) is 13.4. The van der Waals surface area contributed by atoms with E-state index < -0.39 is 6.04 Å². The normalized spacial score (nSPS) is 12.3. The molecule has 0 aliphatic carbocycles. The Morgan fingerprint density at radius 1 is 1.25 bits per heavy atom. The highest BCUT2D eigenvalue weighted by Crippen LogP contribution is 2.38. The molecular weight excluding hydrogens is 345 g/mol. The molecule has 20 heavy (non-hydrogen) atoms. The number of nitrogens with two attached hydrogens (primary N) is 1. The number of aryl methyl sites for hydroxylation is 1. The van der Waals surface area contributed by atoms with Crippen LogP contribution in [0.4, 0.5) is 4.39 Å². The van der Waals surface area contributed by atoms with Crippen LogP contribution in [0.15, 0.2) is 34.8 Å². The van der Waals surface area contributed by atoms with Crippen molar-refractivity contribution in [1.82, 2.24) is 0 Å². The first-order valence-corrected chi connectivity index (χ1v) is 7.15. The Morgan fingerprint density at radius 3 is 2.55 bits per heavy atom. The molecule has 1 unspecified atom stereocenters. The Morgan fingerprint density at radius 2 is 1.95 bits per heavy atom. The number of hydrogen-bond donors (Lipinski definition) is 1. The van der Waals surface area contributed by atoms with Gasteiger partial charge in [0.2, 0.25) is 0 Å². The fourth-order valence-corrected chi connectivity index (χ4v) is 3.18. The van der Waals surface area contributed by atoms with Gasteiger partial charge in [-0.25, -0.2) is 4.39 Å². The minimum atomic E-state index is -0.444. The molecule has 5 heteroatoms. The van der Waals surface area contributed by atoms with Gasteiger partial charge in [0.15, 0.2) is 0 Å². The zero-order valence-electron chi connectivity index (χ0n) is 11.1. The minimum Gasteiger partial charge on any atom is -0.495 e. The molecule has 0 aliphatic rings. The number of rotatable bonds is 3. The van der Waals surface area contributed by atoms with Crippen LogP contribution >= 0.6 is 27.5 Å². The smallest absolute Gasteiger partial charge is 0.138 e. The lowest BCUT2D eigenvalue weighted by Gasteiger charge is -2.19. The van der Waals surface area contributed by atoms with Crippen molar-refractivity contribution in [3.63, 3.8) is 0 Å². The molecule has 0 saturated carbocycles. The predicted octanol–water partition coefficient (Wildman–Crippen LogP) is 4.61. The number of ether oxygens (including phenoxy) is 1. The highest BCUT2D eigenvalue weighted by Gasteiger charge is 2.19. The summed E-state index contributed by atoms with van der Waals surface area (Å²) in [4.78, 5) is 0. The average molecular weight is 359 g/mol. The Labute approximate surface area is 130 Å². The maximum absolute atomic E-state index is 13.2. The van der Waals surface area contributed by atoms with E-state index in [1.165, 1.54) is 12.1 Å². The first-order valence-electron chi connectivity index (χ1n) is 5.98. The van der Waals surface area contributed by atoms with Crippen LogP contribution in [0.5, 0.6) is 5.75 Å². The van der Waals surface area contributed by atoms with Gasteiger partial charge in [0.05, 0.1) is 17.6 Å². The second kappa shape index (κ2) is 6.12. The molecule has 0 spiro atoms. The fourth-order valence-electron chi connectivity index (χ4n) is 2.18. The summed E-state index contributed by atoms with van der Waals surface area (Å²) < 4.78 is 19.3. The van der Waals surface area contributed by atoms with Gasteiger partial charge in [-0.15, -0.1) is 0 Å². The van der Waals surface area contributed by atoms with Crippen molar-refractivity contribution in [2.75, 3.05) is 7.11 Å². The van der Waals surface area contributed by atoms with Gasteiger partial charge in [-0.3, -0.25) is 0 Å². The Kier molecular flexibility index (Phi) is 4.68. The van der Waals surface area contributed by atoms with Gasteiger partial charge in [0.1, 0.15) is 11.6 Å². The summed E-state index contributed by atoms with van der Waals surface area (Å²) in [5.74, 6) is 0.350. The standard InChI is InChI=1S/C15H14BrClFNO/c1-8-5-10(18)3-4-11(8)14(19)12-6-9(17)7-13(16)15(12)20-2/h3-7,14H,19H2,1-2H3. The third kappa shape index (κ3) is 2.97. The van der Waals surface area contributed by atoms with Crippen LogP contribution in [-0.2, 0) is 0 Å². The van der Waals surface area contributed by atoms with E-state index >= 15 is 0 Å². The van der Waals surface area contributed by atoms with Crippen molar-refractivity contribution in [2.45, 2.75) is 13.0 Å². The summed E-state index contributed by atoms with van der Waals surface area (Å²) in [5.41, 5.74) is 8.67. The average Bonchev–Trinajstić information content (AvgIpc) is 2.37. The fraction of sp³-hybridized carbons (Fsp3) is 0.200. The van der Waals surface area contributed by atoms with Crippen molar-refractivity contribution >= 4 is 27.5 Å². The highest BCUT2D eigenvalue weighted by atomic mass is 79.9. The van der Waals surface area contributed by atoms with Crippen LogP contribution in [0.2, 0.25) is 5.02 Å². The molecule has 0 heterocycles. The van der Waals surface area contributed by atoms with E-state index in [2.05, 4.69) is 15.9 Å². The maximum Gasteiger partial charge on any atom is 0.138 e. The summed E-state index contributed by atoms with van der Waals surface area (Å²) in [6.07, 6.45) is 0. The largest absolute Gasteiger partial charge is 0.495 e. The molecular formula is C15H14BrClFNO. The SMILES string of the molecule is COc1c(Br)cc(Cl)cc1C(N)c1ccc(F)cc1C. The van der Waals surface area contributed by atoms with Crippen LogP contribution in [0, 0.1) is 12.7 Å². The molecule has 2 nitrogen and oxygen atoms in total. The Bertz CT molecular complexity index is 648. The molecule has 0 fully saturated rings. The summed E-state index contributed by atoms with van der Waals surface area (Å²) in [6, 6.07) is 7.60. The van der Waals surface area contributed by atoms with Gasteiger partial charge in [0.25, 0.3) is 0 Å². The Hall–Kier alpha value is -1.10. The lowest BCUT2D eigenvalue weighted by atomic mass is 9.95. The molecule has 0 radical (unpaired) electrons. The van der Waals surface area contributed by atoms with Crippen LogP contribution in [0.3, 0.4) is 0 Å². The summed E-state index contributed by atoms with van der Waals surface area (Å²) in [5, 5.41) is 0.558. The first-order chi connectivity index (χ1) is 9.43. The molecule has 0 bridgehead atoms. The van der Waals surface area contributed by atoms with E-state index in [1.807, 2.05) is 6.92 Å². The lowest BCUT2D eigenvalue weighted by molar-refractivity contribution is 0.405. The molecule has 2 rings (SSSR count). The number of methoxy groups -OCH3 is 1. The molecule has 2 aromatic rings. The molecule has 106 valence electrons. The van der Waals surface area contributed by atoms with E-state index in [9.17, 15) is 4.39 Å². The van der Waals surface area contributed by atoms with Crippen molar-refractivity contribution in [3.05, 3.63) is 62.3 Å². The van der Waals surface area contributed by atoms with E-state index in [1.54, 1.807) is 25.3 Å². The number of hydrogen-bond acceptors (Lipinski definition) is 2. The van der Waals surface area contributed by atoms with Crippen LogP contribution in [0.1, 0.15) is 22.7 Å². The van der Waals surface area contributed by atoms with Crippen molar-refractivity contribution in [3.8, 4) is 5.75 Å². The van der Waals surface area contributed by atoms with Gasteiger partial charge in [-0.2, -0.15) is 0 Å². The van der Waals surface area contributed by atoms with Crippen LogP contribution in [-0.4, -0.2) is 7.11 Å². The monoisotopic (exact) mass is 357 g/mol. The second-order valence-electron chi connectivity index (χ2n) is 4.49. The van der Waals surface area contributed by atoms with Crippen LogP contribution < -0.4 is 10.5 Å². The molecule has 2 N–H and O–H groups in total. The van der Waals surface area contributed by atoms with Gasteiger partial charge >= 0.3 is 0 Å². The topological polar surface area (TPSA) is 35.2 Å². The first kappa shape index (κ1) is 15.3. The van der Waals surface area contributed by atoms with Crippen molar-refractivity contribution < 1.29 is 9.13 Å². The predicted molar refractivity (Wildman–Crippen MR) is 82.9 cm³/mol. The van der Waals surface area contributed by atoms with Gasteiger partial charge in [-0.1, -0.05) is 17.7 Å². The Balaban J connectivity index is 2.55. The molecule has 0 amide bonds.